The summed E-state index contributed by atoms with van der Waals surface area (Å²) in [4.78, 5) is 13.0. The number of para-hydroxylation sites is 1. The summed E-state index contributed by atoms with van der Waals surface area (Å²) >= 11 is 0. The molecule has 0 bridgehead atoms. The molecular formula is C30H24F4N2O2. The lowest BCUT2D eigenvalue weighted by atomic mass is 9.87. The number of carbonyl (C=O) groups excluding carboxylic acids is 1. The van der Waals surface area contributed by atoms with E-state index in [2.05, 4.69) is 5.32 Å². The molecule has 0 aliphatic heterocycles. The summed E-state index contributed by atoms with van der Waals surface area (Å²) in [6.07, 6.45) is -1.20. The molecule has 0 saturated carbocycles. The van der Waals surface area contributed by atoms with Crippen molar-refractivity contribution in [2.24, 2.45) is 0 Å². The smallest absolute Gasteiger partial charge is 0.416 e. The zero-order valence-electron chi connectivity index (χ0n) is 20.2. The Kier molecular flexibility index (Phi) is 7.05. The Balaban J connectivity index is 1.54. The number of furan rings is 1. The van der Waals surface area contributed by atoms with Gasteiger partial charge in [0.2, 0.25) is 5.91 Å². The number of halogens is 4. The first-order chi connectivity index (χ1) is 18.3. The molecule has 8 heteroatoms. The second kappa shape index (κ2) is 10.6. The quantitative estimate of drug-likeness (QED) is 0.219. The summed E-state index contributed by atoms with van der Waals surface area (Å²) in [7, 11) is 0. The van der Waals surface area contributed by atoms with Gasteiger partial charge < -0.3 is 14.3 Å². The van der Waals surface area contributed by atoms with Crippen LogP contribution in [0.5, 0.6) is 0 Å². The molecule has 0 aliphatic rings. The van der Waals surface area contributed by atoms with E-state index in [-0.39, 0.29) is 24.7 Å². The second-order valence-corrected chi connectivity index (χ2v) is 9.09. The van der Waals surface area contributed by atoms with Crippen molar-refractivity contribution in [3.63, 3.8) is 0 Å². The Morgan fingerprint density at radius 2 is 1.74 bits per heavy atom. The summed E-state index contributed by atoms with van der Waals surface area (Å²) in [6, 6.07) is 22.3. The average molecular weight is 521 g/mol. The fourth-order valence-electron chi connectivity index (χ4n) is 4.67. The van der Waals surface area contributed by atoms with E-state index in [9.17, 15) is 22.4 Å². The van der Waals surface area contributed by atoms with Gasteiger partial charge in [0.25, 0.3) is 0 Å². The van der Waals surface area contributed by atoms with Crippen molar-refractivity contribution in [2.45, 2.75) is 31.6 Å². The van der Waals surface area contributed by atoms with Gasteiger partial charge in [0.15, 0.2) is 0 Å². The van der Waals surface area contributed by atoms with Gasteiger partial charge in [-0.15, -0.1) is 0 Å². The van der Waals surface area contributed by atoms with Gasteiger partial charge in [-0.05, 0) is 53.1 Å². The highest BCUT2D eigenvalue weighted by molar-refractivity contribution is 5.86. The number of alkyl halides is 3. The van der Waals surface area contributed by atoms with Crippen LogP contribution in [0.15, 0.2) is 102 Å². The number of hydrogen-bond acceptors (Lipinski definition) is 2. The lowest BCUT2D eigenvalue weighted by Gasteiger charge is -2.19. The maximum Gasteiger partial charge on any atom is 0.416 e. The van der Waals surface area contributed by atoms with Crippen LogP contribution in [0.25, 0.3) is 10.9 Å². The zero-order chi connectivity index (χ0) is 26.7. The zero-order valence-corrected chi connectivity index (χ0v) is 20.2. The van der Waals surface area contributed by atoms with Crippen molar-refractivity contribution < 1.29 is 26.8 Å². The lowest BCUT2D eigenvalue weighted by Crippen LogP contribution is -2.25. The van der Waals surface area contributed by atoms with Crippen molar-refractivity contribution in [3.05, 3.63) is 131 Å². The molecule has 1 amide bonds. The van der Waals surface area contributed by atoms with Crippen molar-refractivity contribution in [3.8, 4) is 0 Å². The van der Waals surface area contributed by atoms with Gasteiger partial charge in [-0.2, -0.15) is 13.2 Å². The minimum Gasteiger partial charge on any atom is -0.467 e. The van der Waals surface area contributed by atoms with E-state index in [4.69, 9.17) is 4.42 Å². The minimum atomic E-state index is -4.52. The highest BCUT2D eigenvalue weighted by Gasteiger charge is 2.32. The molecule has 0 spiro atoms. The molecule has 194 valence electrons. The topological polar surface area (TPSA) is 47.2 Å². The molecule has 0 unspecified atom stereocenters. The summed E-state index contributed by atoms with van der Waals surface area (Å²) in [6.45, 7) is 0.605. The Bertz CT molecular complexity index is 1540. The minimum absolute atomic E-state index is 0.0629. The molecule has 1 N–H and O–H groups in total. The number of nitrogens with zero attached hydrogens (tertiary/aromatic N) is 1. The van der Waals surface area contributed by atoms with Crippen LogP contribution < -0.4 is 5.32 Å². The average Bonchev–Trinajstić information content (AvgIpc) is 3.55. The van der Waals surface area contributed by atoms with Crippen molar-refractivity contribution in [1.29, 1.82) is 0 Å². The van der Waals surface area contributed by atoms with Gasteiger partial charge in [0.05, 0.1) is 18.4 Å². The Hall–Kier alpha value is -4.33. The summed E-state index contributed by atoms with van der Waals surface area (Å²) in [5, 5.41) is 3.63. The number of hydrogen-bond donors (Lipinski definition) is 1. The van der Waals surface area contributed by atoms with E-state index < -0.39 is 17.7 Å². The molecule has 0 saturated heterocycles. The molecule has 1 atom stereocenters. The summed E-state index contributed by atoms with van der Waals surface area (Å²) in [5.41, 5.74) is 2.07. The molecule has 5 aromatic rings. The third kappa shape index (κ3) is 5.64. The van der Waals surface area contributed by atoms with Gasteiger partial charge in [-0.1, -0.05) is 48.5 Å². The lowest BCUT2D eigenvalue weighted by molar-refractivity contribution is -0.137. The van der Waals surface area contributed by atoms with Gasteiger partial charge in [-0.25, -0.2) is 4.39 Å². The summed E-state index contributed by atoms with van der Waals surface area (Å²) in [5.74, 6) is -0.728. The van der Waals surface area contributed by atoms with E-state index in [1.54, 1.807) is 30.3 Å². The third-order valence-electron chi connectivity index (χ3n) is 6.51. The van der Waals surface area contributed by atoms with Crippen LogP contribution in [-0.4, -0.2) is 10.5 Å². The van der Waals surface area contributed by atoms with Crippen LogP contribution in [0.4, 0.5) is 17.6 Å². The summed E-state index contributed by atoms with van der Waals surface area (Å²) < 4.78 is 61.4. The number of amides is 1. The fraction of sp³-hybridized carbons (Fsp3) is 0.167. The second-order valence-electron chi connectivity index (χ2n) is 9.09. The number of carbonyl (C=O) groups is 1. The Morgan fingerprint density at radius 1 is 0.947 bits per heavy atom. The van der Waals surface area contributed by atoms with Crippen LogP contribution >= 0.6 is 0 Å². The number of rotatable bonds is 8. The Morgan fingerprint density at radius 3 is 2.47 bits per heavy atom. The van der Waals surface area contributed by atoms with E-state index in [0.29, 0.717) is 17.9 Å². The van der Waals surface area contributed by atoms with Crippen LogP contribution in [-0.2, 0) is 24.1 Å². The van der Waals surface area contributed by atoms with Gasteiger partial charge >= 0.3 is 6.18 Å². The van der Waals surface area contributed by atoms with E-state index in [1.165, 1.54) is 24.5 Å². The largest absolute Gasteiger partial charge is 0.467 e. The molecule has 0 fully saturated rings. The number of benzene rings is 3. The molecule has 38 heavy (non-hydrogen) atoms. The normalized spacial score (nSPS) is 12.5. The predicted molar refractivity (Wildman–Crippen MR) is 136 cm³/mol. The molecule has 2 aromatic heterocycles. The van der Waals surface area contributed by atoms with Crippen LogP contribution in [0.2, 0.25) is 0 Å². The Labute approximate surface area is 216 Å². The highest BCUT2D eigenvalue weighted by atomic mass is 19.4. The molecule has 0 aliphatic carbocycles. The van der Waals surface area contributed by atoms with E-state index in [1.807, 2.05) is 35.0 Å². The maximum atomic E-state index is 13.6. The molecule has 5 rings (SSSR count). The van der Waals surface area contributed by atoms with Gasteiger partial charge in [0.1, 0.15) is 11.6 Å². The molecule has 4 nitrogen and oxygen atoms in total. The van der Waals surface area contributed by atoms with Crippen LogP contribution in [0.3, 0.4) is 0 Å². The van der Waals surface area contributed by atoms with Crippen molar-refractivity contribution >= 4 is 16.8 Å². The first-order valence-electron chi connectivity index (χ1n) is 12.1. The molecular weight excluding hydrogens is 496 g/mol. The van der Waals surface area contributed by atoms with E-state index in [0.717, 1.165) is 34.2 Å². The predicted octanol–water partition coefficient (Wildman–Crippen LogP) is 7.28. The highest BCUT2D eigenvalue weighted by Crippen LogP contribution is 2.38. The number of nitrogens with one attached hydrogen (secondary N) is 1. The molecule has 0 radical (unpaired) electrons. The van der Waals surface area contributed by atoms with Crippen molar-refractivity contribution in [1.82, 2.24) is 9.88 Å². The van der Waals surface area contributed by atoms with Crippen LogP contribution in [0.1, 0.15) is 40.4 Å². The van der Waals surface area contributed by atoms with Gasteiger partial charge in [0, 0.05) is 36.0 Å². The number of aromatic nitrogens is 1. The standard InChI is InChI=1S/C30H24F4N2O2/c31-23-12-10-20(11-13-23)18-36-19-27(25-8-1-2-9-28(25)36)26(16-29(37)35-17-24-7-4-14-38-24)21-5-3-6-22(15-21)30(32,33)34/h1-15,19,26H,16-18H2,(H,35,37)/t26-/m0/s1. The first kappa shape index (κ1) is 25.3. The van der Waals surface area contributed by atoms with Crippen LogP contribution in [0, 0.1) is 5.82 Å². The van der Waals surface area contributed by atoms with E-state index >= 15 is 0 Å². The molecule has 2 heterocycles. The molecule has 3 aromatic carbocycles. The third-order valence-corrected chi connectivity index (χ3v) is 6.51. The maximum absolute atomic E-state index is 13.6. The SMILES string of the molecule is O=C(C[C@@H](c1cccc(C(F)(F)F)c1)c1cn(Cc2ccc(F)cc2)c2ccccc12)NCc1ccco1. The van der Waals surface area contributed by atoms with Gasteiger partial charge in [-0.3, -0.25) is 4.79 Å². The number of fused-ring (bicyclic) bond motifs is 1. The fourth-order valence-corrected chi connectivity index (χ4v) is 4.67. The first-order valence-corrected chi connectivity index (χ1v) is 12.1. The van der Waals surface area contributed by atoms with Crippen molar-refractivity contribution in [2.75, 3.05) is 0 Å². The monoisotopic (exact) mass is 520 g/mol.